The van der Waals surface area contributed by atoms with Gasteiger partial charge in [0.15, 0.2) is 0 Å². The van der Waals surface area contributed by atoms with E-state index < -0.39 is 6.03 Å². The predicted molar refractivity (Wildman–Crippen MR) is 50.9 cm³/mol. The van der Waals surface area contributed by atoms with Crippen molar-refractivity contribution in [2.45, 2.75) is 39.5 Å². The van der Waals surface area contributed by atoms with E-state index in [-0.39, 0.29) is 0 Å². The third kappa shape index (κ3) is 7.38. The van der Waals surface area contributed by atoms with Crippen LogP contribution in [0.25, 0.3) is 0 Å². The van der Waals surface area contributed by atoms with Gasteiger partial charge < -0.3 is 11.1 Å². The first-order chi connectivity index (χ1) is 5.66. The normalized spacial score (nSPS) is 12.5. The minimum Gasteiger partial charge on any atom is -0.352 e. The number of hydrogen-bond acceptors (Lipinski definition) is 1. The standard InChI is InChI=1S/C9H20N2O/c1-3-4-5-6-8(2)7-11-9(10)12/h8H,3-7H2,1-2H3,(H3,10,11,12). The lowest BCUT2D eigenvalue weighted by Crippen LogP contribution is -2.32. The first-order valence-corrected chi connectivity index (χ1v) is 4.70. The summed E-state index contributed by atoms with van der Waals surface area (Å²) < 4.78 is 0. The molecular weight excluding hydrogens is 152 g/mol. The van der Waals surface area contributed by atoms with E-state index in [4.69, 9.17) is 5.73 Å². The van der Waals surface area contributed by atoms with Crippen LogP contribution >= 0.6 is 0 Å². The number of nitrogens with one attached hydrogen (secondary N) is 1. The molecule has 3 N–H and O–H groups in total. The molecule has 0 spiro atoms. The van der Waals surface area contributed by atoms with E-state index in [0.29, 0.717) is 12.5 Å². The van der Waals surface area contributed by atoms with E-state index >= 15 is 0 Å². The van der Waals surface area contributed by atoms with Gasteiger partial charge in [-0.2, -0.15) is 0 Å². The lowest BCUT2D eigenvalue weighted by Gasteiger charge is -2.10. The second kappa shape index (κ2) is 6.95. The minimum atomic E-state index is -0.419. The van der Waals surface area contributed by atoms with Crippen molar-refractivity contribution in [1.29, 1.82) is 0 Å². The number of primary amides is 1. The number of carbonyl (C=O) groups excluding carboxylic acids is 1. The Morgan fingerprint density at radius 3 is 2.67 bits per heavy atom. The highest BCUT2D eigenvalue weighted by Gasteiger charge is 2.01. The summed E-state index contributed by atoms with van der Waals surface area (Å²) in [7, 11) is 0. The van der Waals surface area contributed by atoms with E-state index in [2.05, 4.69) is 19.2 Å². The second-order valence-corrected chi connectivity index (χ2v) is 3.35. The zero-order valence-electron chi connectivity index (χ0n) is 8.10. The average molecular weight is 172 g/mol. The minimum absolute atomic E-state index is 0.419. The highest BCUT2D eigenvalue weighted by Crippen LogP contribution is 2.07. The molecule has 3 nitrogen and oxygen atoms in total. The zero-order valence-corrected chi connectivity index (χ0v) is 8.10. The van der Waals surface area contributed by atoms with Crippen LogP contribution in [0.1, 0.15) is 39.5 Å². The van der Waals surface area contributed by atoms with Crippen molar-refractivity contribution >= 4 is 6.03 Å². The Balaban J connectivity index is 3.21. The van der Waals surface area contributed by atoms with Gasteiger partial charge in [0.05, 0.1) is 0 Å². The summed E-state index contributed by atoms with van der Waals surface area (Å²) >= 11 is 0. The van der Waals surface area contributed by atoms with Crippen molar-refractivity contribution in [3.63, 3.8) is 0 Å². The van der Waals surface area contributed by atoms with Crippen LogP contribution in [0.3, 0.4) is 0 Å². The van der Waals surface area contributed by atoms with Gasteiger partial charge in [-0.25, -0.2) is 4.79 Å². The maximum absolute atomic E-state index is 10.3. The number of unbranched alkanes of at least 4 members (excludes halogenated alkanes) is 2. The Morgan fingerprint density at radius 1 is 1.50 bits per heavy atom. The van der Waals surface area contributed by atoms with Crippen LogP contribution in [-0.2, 0) is 0 Å². The van der Waals surface area contributed by atoms with Crippen molar-refractivity contribution in [2.24, 2.45) is 11.7 Å². The molecule has 0 heterocycles. The topological polar surface area (TPSA) is 55.1 Å². The highest BCUT2D eigenvalue weighted by atomic mass is 16.2. The fraction of sp³-hybridized carbons (Fsp3) is 0.889. The summed E-state index contributed by atoms with van der Waals surface area (Å²) in [5.74, 6) is 0.545. The number of nitrogens with two attached hydrogens (primary N) is 1. The molecule has 0 aromatic heterocycles. The molecule has 0 fully saturated rings. The second-order valence-electron chi connectivity index (χ2n) is 3.35. The SMILES string of the molecule is CCCCCC(C)CNC(N)=O. The number of carbonyl (C=O) groups is 1. The lowest BCUT2D eigenvalue weighted by atomic mass is 10.0. The number of amides is 2. The molecule has 2 amide bonds. The van der Waals surface area contributed by atoms with Crippen LogP contribution in [0.4, 0.5) is 4.79 Å². The van der Waals surface area contributed by atoms with Gasteiger partial charge in [0.25, 0.3) is 0 Å². The fourth-order valence-corrected chi connectivity index (χ4v) is 1.12. The van der Waals surface area contributed by atoms with Crippen LogP contribution in [0.5, 0.6) is 0 Å². The first kappa shape index (κ1) is 11.3. The van der Waals surface area contributed by atoms with E-state index in [1.807, 2.05) is 0 Å². The molecule has 1 atom stereocenters. The third-order valence-electron chi connectivity index (χ3n) is 1.93. The summed E-state index contributed by atoms with van der Waals surface area (Å²) in [6.45, 7) is 5.02. The summed E-state index contributed by atoms with van der Waals surface area (Å²) in [4.78, 5) is 10.3. The highest BCUT2D eigenvalue weighted by molar-refractivity contribution is 5.71. The Bertz CT molecular complexity index is 126. The first-order valence-electron chi connectivity index (χ1n) is 4.70. The van der Waals surface area contributed by atoms with Crippen LogP contribution in [0.15, 0.2) is 0 Å². The summed E-state index contributed by atoms with van der Waals surface area (Å²) in [5.41, 5.74) is 4.95. The van der Waals surface area contributed by atoms with Crippen molar-refractivity contribution in [1.82, 2.24) is 5.32 Å². The molecule has 0 bridgehead atoms. The zero-order chi connectivity index (χ0) is 9.40. The van der Waals surface area contributed by atoms with Crippen LogP contribution in [0.2, 0.25) is 0 Å². The smallest absolute Gasteiger partial charge is 0.312 e. The molecule has 0 saturated carbocycles. The van der Waals surface area contributed by atoms with Gasteiger partial charge in [-0.05, 0) is 12.3 Å². The monoisotopic (exact) mass is 172 g/mol. The maximum atomic E-state index is 10.3. The van der Waals surface area contributed by atoms with Crippen LogP contribution in [-0.4, -0.2) is 12.6 Å². The lowest BCUT2D eigenvalue weighted by molar-refractivity contribution is 0.247. The Hall–Kier alpha value is -0.730. The molecule has 0 aliphatic rings. The Labute approximate surface area is 74.7 Å². The van der Waals surface area contributed by atoms with E-state index in [1.165, 1.54) is 25.7 Å². The predicted octanol–water partition coefficient (Wildman–Crippen LogP) is 1.87. The van der Waals surface area contributed by atoms with E-state index in [1.54, 1.807) is 0 Å². The molecule has 0 aromatic carbocycles. The summed E-state index contributed by atoms with van der Waals surface area (Å²) in [6, 6.07) is -0.419. The third-order valence-corrected chi connectivity index (χ3v) is 1.93. The largest absolute Gasteiger partial charge is 0.352 e. The van der Waals surface area contributed by atoms with Gasteiger partial charge >= 0.3 is 6.03 Å². The molecule has 72 valence electrons. The van der Waals surface area contributed by atoms with Crippen molar-refractivity contribution < 1.29 is 4.79 Å². The van der Waals surface area contributed by atoms with Gasteiger partial charge in [0.1, 0.15) is 0 Å². The quantitative estimate of drug-likeness (QED) is 0.590. The number of rotatable bonds is 6. The van der Waals surface area contributed by atoms with Gasteiger partial charge in [-0.3, -0.25) is 0 Å². The number of hydrogen-bond donors (Lipinski definition) is 2. The number of urea groups is 1. The molecule has 0 aliphatic heterocycles. The average Bonchev–Trinajstić information content (AvgIpc) is 2.01. The Morgan fingerprint density at radius 2 is 2.17 bits per heavy atom. The molecule has 0 rings (SSSR count). The van der Waals surface area contributed by atoms with Gasteiger partial charge in [-0.15, -0.1) is 0 Å². The molecule has 1 unspecified atom stereocenters. The molecule has 3 heteroatoms. The fourth-order valence-electron chi connectivity index (χ4n) is 1.12. The maximum Gasteiger partial charge on any atom is 0.312 e. The van der Waals surface area contributed by atoms with Crippen LogP contribution < -0.4 is 11.1 Å². The van der Waals surface area contributed by atoms with Crippen molar-refractivity contribution in [3.05, 3.63) is 0 Å². The van der Waals surface area contributed by atoms with Gasteiger partial charge in [0.2, 0.25) is 0 Å². The van der Waals surface area contributed by atoms with Crippen LogP contribution in [0, 0.1) is 5.92 Å². The molecular formula is C9H20N2O. The Kier molecular flexibility index (Phi) is 6.53. The van der Waals surface area contributed by atoms with E-state index in [9.17, 15) is 4.79 Å². The van der Waals surface area contributed by atoms with E-state index in [0.717, 1.165) is 0 Å². The molecule has 12 heavy (non-hydrogen) atoms. The van der Waals surface area contributed by atoms with Gasteiger partial charge in [0, 0.05) is 6.54 Å². The molecule has 0 radical (unpaired) electrons. The molecule has 0 aromatic rings. The molecule has 0 saturated heterocycles. The molecule has 0 aliphatic carbocycles. The summed E-state index contributed by atoms with van der Waals surface area (Å²) in [5, 5.41) is 2.61. The summed E-state index contributed by atoms with van der Waals surface area (Å²) in [6.07, 6.45) is 4.95. The van der Waals surface area contributed by atoms with Crippen molar-refractivity contribution in [2.75, 3.05) is 6.54 Å². The van der Waals surface area contributed by atoms with Crippen molar-refractivity contribution in [3.8, 4) is 0 Å². The van der Waals surface area contributed by atoms with Gasteiger partial charge in [-0.1, -0.05) is 33.1 Å².